The molecule has 2 aliphatic rings. The van der Waals surface area contributed by atoms with Crippen molar-refractivity contribution in [3.05, 3.63) is 18.1 Å². The Kier molecular flexibility index (Phi) is 3.56. The van der Waals surface area contributed by atoms with E-state index >= 15 is 0 Å². The van der Waals surface area contributed by atoms with Crippen molar-refractivity contribution in [2.24, 2.45) is 0 Å². The third kappa shape index (κ3) is 2.35. The average molecular weight is 276 g/mol. The molecule has 2 aliphatic heterocycles. The number of cyclic esters (lactones) is 1. The molecular weight excluding hydrogens is 256 g/mol. The Morgan fingerprint density at radius 2 is 2.15 bits per heavy atom. The van der Waals surface area contributed by atoms with E-state index in [-0.39, 0.29) is 6.09 Å². The van der Waals surface area contributed by atoms with E-state index in [4.69, 9.17) is 4.74 Å². The topological polar surface area (TPSA) is 58.6 Å². The molecule has 0 N–H and O–H groups in total. The second-order valence-electron chi connectivity index (χ2n) is 5.56. The van der Waals surface area contributed by atoms with Crippen molar-refractivity contribution < 1.29 is 9.53 Å². The summed E-state index contributed by atoms with van der Waals surface area (Å²) in [5.41, 5.74) is 0.993. The summed E-state index contributed by atoms with van der Waals surface area (Å²) in [6.45, 7) is 6.51. The lowest BCUT2D eigenvalue weighted by Crippen LogP contribution is -2.31. The van der Waals surface area contributed by atoms with Gasteiger partial charge in [0, 0.05) is 6.04 Å². The molecule has 0 aliphatic carbocycles. The maximum absolute atomic E-state index is 11.5. The number of rotatable bonds is 3. The molecule has 1 unspecified atom stereocenters. The molecule has 1 amide bonds. The number of carbonyl (C=O) groups excluding carboxylic acids is 1. The summed E-state index contributed by atoms with van der Waals surface area (Å²) < 4.78 is 4.91. The van der Waals surface area contributed by atoms with Gasteiger partial charge in [-0.1, -0.05) is 0 Å². The van der Waals surface area contributed by atoms with Crippen LogP contribution in [0.2, 0.25) is 0 Å². The molecule has 1 aromatic rings. The summed E-state index contributed by atoms with van der Waals surface area (Å²) in [6.07, 6.45) is 5.46. The second-order valence-corrected chi connectivity index (χ2v) is 5.56. The Hall–Kier alpha value is -1.69. The van der Waals surface area contributed by atoms with Crippen molar-refractivity contribution in [1.29, 1.82) is 0 Å². The van der Waals surface area contributed by atoms with Gasteiger partial charge in [-0.05, 0) is 33.2 Å². The lowest BCUT2D eigenvalue weighted by molar-refractivity contribution is 0.181. The zero-order valence-corrected chi connectivity index (χ0v) is 12.0. The predicted octanol–water partition coefficient (Wildman–Crippen LogP) is 1.98. The quantitative estimate of drug-likeness (QED) is 0.845. The number of hydrogen-bond donors (Lipinski definition) is 0. The van der Waals surface area contributed by atoms with E-state index in [1.54, 1.807) is 12.4 Å². The number of ether oxygens (including phenoxy) is 1. The Balaban J connectivity index is 1.77. The molecule has 2 fully saturated rings. The van der Waals surface area contributed by atoms with Crippen molar-refractivity contribution in [1.82, 2.24) is 14.9 Å². The fourth-order valence-corrected chi connectivity index (χ4v) is 2.97. The predicted molar refractivity (Wildman–Crippen MR) is 74.5 cm³/mol. The first-order valence-corrected chi connectivity index (χ1v) is 7.19. The van der Waals surface area contributed by atoms with Gasteiger partial charge in [0.2, 0.25) is 0 Å². The van der Waals surface area contributed by atoms with Crippen molar-refractivity contribution in [2.75, 3.05) is 24.6 Å². The SMILES string of the molecule is CC(C)N1CCCC1c1cnc(N2CCOC2=O)cn1. The number of amides is 1. The summed E-state index contributed by atoms with van der Waals surface area (Å²) in [6, 6.07) is 0.861. The Morgan fingerprint density at radius 1 is 1.30 bits per heavy atom. The molecule has 0 aromatic carbocycles. The molecule has 0 bridgehead atoms. The van der Waals surface area contributed by atoms with E-state index in [0.717, 1.165) is 18.7 Å². The molecule has 6 nitrogen and oxygen atoms in total. The van der Waals surface area contributed by atoms with Gasteiger partial charge in [-0.15, -0.1) is 0 Å². The van der Waals surface area contributed by atoms with Crippen LogP contribution in [0, 0.1) is 0 Å². The lowest BCUT2D eigenvalue weighted by Gasteiger charge is -2.27. The number of likely N-dealkylation sites (tertiary alicyclic amines) is 1. The average Bonchev–Trinajstić information content (AvgIpc) is 3.07. The monoisotopic (exact) mass is 276 g/mol. The van der Waals surface area contributed by atoms with Gasteiger partial charge in [0.1, 0.15) is 6.61 Å². The summed E-state index contributed by atoms with van der Waals surface area (Å²) in [5, 5.41) is 0. The van der Waals surface area contributed by atoms with Crippen molar-refractivity contribution in [2.45, 2.75) is 38.8 Å². The molecule has 20 heavy (non-hydrogen) atoms. The van der Waals surface area contributed by atoms with Crippen LogP contribution in [-0.2, 0) is 4.74 Å². The number of anilines is 1. The lowest BCUT2D eigenvalue weighted by atomic mass is 10.1. The standard InChI is InChI=1S/C14H20N4O2/c1-10(2)17-5-3-4-12(17)11-8-16-13(9-15-11)18-6-7-20-14(18)19/h8-10,12H,3-7H2,1-2H3. The van der Waals surface area contributed by atoms with Crippen LogP contribution in [0.5, 0.6) is 0 Å². The fraction of sp³-hybridized carbons (Fsp3) is 0.643. The Morgan fingerprint density at radius 3 is 2.75 bits per heavy atom. The highest BCUT2D eigenvalue weighted by Crippen LogP contribution is 2.32. The molecule has 0 radical (unpaired) electrons. The van der Waals surface area contributed by atoms with Gasteiger partial charge in [0.25, 0.3) is 0 Å². The van der Waals surface area contributed by atoms with Crippen LogP contribution in [0.1, 0.15) is 38.4 Å². The Labute approximate surface area is 118 Å². The number of nitrogens with zero attached hydrogens (tertiary/aromatic N) is 4. The second kappa shape index (κ2) is 5.36. The molecule has 1 atom stereocenters. The first-order valence-electron chi connectivity index (χ1n) is 7.19. The van der Waals surface area contributed by atoms with E-state index in [9.17, 15) is 4.79 Å². The van der Waals surface area contributed by atoms with Gasteiger partial charge in [0.05, 0.1) is 30.7 Å². The fourth-order valence-electron chi connectivity index (χ4n) is 2.97. The molecule has 3 heterocycles. The highest BCUT2D eigenvalue weighted by molar-refractivity contribution is 5.87. The van der Waals surface area contributed by atoms with Crippen LogP contribution < -0.4 is 4.90 Å². The zero-order valence-electron chi connectivity index (χ0n) is 12.0. The van der Waals surface area contributed by atoms with Crippen LogP contribution >= 0.6 is 0 Å². The van der Waals surface area contributed by atoms with Gasteiger partial charge in [-0.25, -0.2) is 9.78 Å². The zero-order chi connectivity index (χ0) is 14.1. The summed E-state index contributed by atoms with van der Waals surface area (Å²) >= 11 is 0. The van der Waals surface area contributed by atoms with Gasteiger partial charge >= 0.3 is 6.09 Å². The maximum Gasteiger partial charge on any atom is 0.415 e. The minimum Gasteiger partial charge on any atom is -0.447 e. The van der Waals surface area contributed by atoms with E-state index in [2.05, 4.69) is 28.7 Å². The van der Waals surface area contributed by atoms with E-state index in [1.165, 1.54) is 11.3 Å². The van der Waals surface area contributed by atoms with Crippen LogP contribution in [0.25, 0.3) is 0 Å². The molecule has 1 aromatic heterocycles. The first-order chi connectivity index (χ1) is 9.66. The third-order valence-electron chi connectivity index (χ3n) is 3.99. The Bertz CT molecular complexity index is 488. The molecule has 3 rings (SSSR count). The van der Waals surface area contributed by atoms with E-state index in [0.29, 0.717) is 31.1 Å². The highest BCUT2D eigenvalue weighted by atomic mass is 16.6. The molecule has 0 spiro atoms. The largest absolute Gasteiger partial charge is 0.447 e. The molecule has 108 valence electrons. The van der Waals surface area contributed by atoms with E-state index in [1.807, 2.05) is 0 Å². The van der Waals surface area contributed by atoms with Crippen LogP contribution in [0.15, 0.2) is 12.4 Å². The first kappa shape index (κ1) is 13.3. The minimum absolute atomic E-state index is 0.336. The maximum atomic E-state index is 11.5. The van der Waals surface area contributed by atoms with Crippen molar-refractivity contribution in [3.63, 3.8) is 0 Å². The summed E-state index contributed by atoms with van der Waals surface area (Å²) in [7, 11) is 0. The highest BCUT2D eigenvalue weighted by Gasteiger charge is 2.30. The van der Waals surface area contributed by atoms with Crippen LogP contribution in [0.4, 0.5) is 10.6 Å². The van der Waals surface area contributed by atoms with Crippen molar-refractivity contribution in [3.8, 4) is 0 Å². The summed E-state index contributed by atoms with van der Waals surface area (Å²) in [5.74, 6) is 0.574. The van der Waals surface area contributed by atoms with Crippen molar-refractivity contribution >= 4 is 11.9 Å². The summed E-state index contributed by atoms with van der Waals surface area (Å²) in [4.78, 5) is 24.4. The van der Waals surface area contributed by atoms with Gasteiger partial charge in [-0.2, -0.15) is 0 Å². The minimum atomic E-state index is -0.336. The molecule has 2 saturated heterocycles. The number of carbonyl (C=O) groups is 1. The van der Waals surface area contributed by atoms with Gasteiger partial charge in [-0.3, -0.25) is 14.8 Å². The smallest absolute Gasteiger partial charge is 0.415 e. The van der Waals surface area contributed by atoms with Gasteiger partial charge in [0.15, 0.2) is 5.82 Å². The molecular formula is C14H20N4O2. The molecule has 0 saturated carbocycles. The normalized spacial score (nSPS) is 23.6. The van der Waals surface area contributed by atoms with E-state index < -0.39 is 0 Å². The number of hydrogen-bond acceptors (Lipinski definition) is 5. The van der Waals surface area contributed by atoms with Crippen LogP contribution in [-0.4, -0.2) is 46.7 Å². The number of aromatic nitrogens is 2. The molecule has 6 heteroatoms. The third-order valence-corrected chi connectivity index (χ3v) is 3.99. The van der Waals surface area contributed by atoms with Gasteiger partial charge < -0.3 is 4.74 Å². The van der Waals surface area contributed by atoms with Crippen LogP contribution in [0.3, 0.4) is 0 Å².